The third-order valence-electron chi connectivity index (χ3n) is 5.58. The van der Waals surface area contributed by atoms with Crippen LogP contribution in [0.4, 0.5) is 0 Å². The molecule has 0 radical (unpaired) electrons. The van der Waals surface area contributed by atoms with Gasteiger partial charge in [0.2, 0.25) is 13.3 Å². The van der Waals surface area contributed by atoms with E-state index in [-0.39, 0.29) is 24.0 Å². The van der Waals surface area contributed by atoms with Gasteiger partial charge in [-0.1, -0.05) is 24.3 Å². The van der Waals surface area contributed by atoms with Crippen molar-refractivity contribution in [2.45, 2.75) is 36.7 Å². The average molecular weight is 373 g/mol. The molecule has 3 unspecified atom stereocenters. The minimum Gasteiger partial charge on any atom is -0.342 e. The summed E-state index contributed by atoms with van der Waals surface area (Å²) < 4.78 is 13.3. The zero-order valence-corrected chi connectivity index (χ0v) is 15.8. The molecule has 6 nitrogen and oxygen atoms in total. The van der Waals surface area contributed by atoms with Crippen molar-refractivity contribution in [3.63, 3.8) is 0 Å². The van der Waals surface area contributed by atoms with Crippen molar-refractivity contribution in [2.75, 3.05) is 13.6 Å². The summed E-state index contributed by atoms with van der Waals surface area (Å²) in [5.74, 6) is -0.430. The minimum absolute atomic E-state index is 0.137. The van der Waals surface area contributed by atoms with E-state index in [1.165, 1.54) is 0 Å². The Morgan fingerprint density at radius 2 is 2.31 bits per heavy atom. The molecular formula is C19H24N3O3P. The number of rotatable bonds is 6. The first kappa shape index (κ1) is 18.8. The average Bonchev–Trinajstić information content (AvgIpc) is 3.17. The van der Waals surface area contributed by atoms with E-state index < -0.39 is 12.6 Å². The molecule has 2 N–H and O–H groups in total. The van der Waals surface area contributed by atoms with Crippen LogP contribution >= 0.6 is 7.37 Å². The van der Waals surface area contributed by atoms with Crippen LogP contribution in [-0.2, 0) is 15.5 Å². The first-order valence-electron chi connectivity index (χ1n) is 8.79. The first-order chi connectivity index (χ1) is 12.3. The summed E-state index contributed by atoms with van der Waals surface area (Å²) >= 11 is 0. The summed E-state index contributed by atoms with van der Waals surface area (Å²) in [6, 6.07) is 8.59. The Balaban J connectivity index is 1.84. The van der Waals surface area contributed by atoms with E-state index >= 15 is 0 Å². The maximum atomic E-state index is 13.3. The van der Waals surface area contributed by atoms with Gasteiger partial charge in [0.25, 0.3) is 0 Å². The summed E-state index contributed by atoms with van der Waals surface area (Å²) in [5, 5.41) is 11.0. The Bertz CT molecular complexity index is 818. The fraction of sp³-hybridized carbons (Fsp3) is 0.474. The number of amides is 1. The summed E-state index contributed by atoms with van der Waals surface area (Å²) in [5.41, 5.74) is 0.914. The molecule has 26 heavy (non-hydrogen) atoms. The van der Waals surface area contributed by atoms with Crippen LogP contribution in [0.1, 0.15) is 30.4 Å². The van der Waals surface area contributed by atoms with Gasteiger partial charge in [0, 0.05) is 5.92 Å². The van der Waals surface area contributed by atoms with E-state index in [2.05, 4.69) is 18.0 Å². The Morgan fingerprint density at radius 1 is 1.58 bits per heavy atom. The summed E-state index contributed by atoms with van der Waals surface area (Å²) in [7, 11) is -1.91. The number of benzene rings is 1. The number of nitriles is 1. The van der Waals surface area contributed by atoms with Gasteiger partial charge >= 0.3 is 0 Å². The van der Waals surface area contributed by atoms with Crippen LogP contribution in [-0.4, -0.2) is 40.6 Å². The highest BCUT2D eigenvalue weighted by atomic mass is 31.2. The predicted molar refractivity (Wildman–Crippen MR) is 99.5 cm³/mol. The van der Waals surface area contributed by atoms with E-state index in [0.29, 0.717) is 17.5 Å². The van der Waals surface area contributed by atoms with Crippen molar-refractivity contribution in [3.05, 3.63) is 48.0 Å². The molecule has 2 aliphatic rings. The van der Waals surface area contributed by atoms with Gasteiger partial charge < -0.3 is 10.2 Å². The summed E-state index contributed by atoms with van der Waals surface area (Å²) in [6.07, 6.45) is 3.60. The molecule has 1 heterocycles. The zero-order valence-electron chi connectivity index (χ0n) is 14.9. The summed E-state index contributed by atoms with van der Waals surface area (Å²) in [6.45, 7) is 4.60. The highest BCUT2D eigenvalue weighted by molar-refractivity contribution is 7.59. The van der Waals surface area contributed by atoms with E-state index in [0.717, 1.165) is 19.4 Å². The molecule has 0 aromatic heterocycles. The monoisotopic (exact) mass is 373 g/mol. The Hall–Kier alpha value is -1.93. The number of hydrogen-bond acceptors (Lipinski definition) is 4. The lowest BCUT2D eigenvalue weighted by Gasteiger charge is -2.28. The lowest BCUT2D eigenvalue weighted by atomic mass is 10.1. The van der Waals surface area contributed by atoms with Gasteiger partial charge in [-0.15, -0.1) is 6.58 Å². The van der Waals surface area contributed by atoms with Gasteiger partial charge in [0.05, 0.1) is 23.8 Å². The number of carbonyl (C=O) groups excluding carboxylic acids is 1. The molecule has 2 fully saturated rings. The van der Waals surface area contributed by atoms with E-state index in [4.69, 9.17) is 0 Å². The molecule has 7 heteroatoms. The fourth-order valence-corrected chi connectivity index (χ4v) is 6.28. The van der Waals surface area contributed by atoms with Crippen LogP contribution in [0.15, 0.2) is 36.9 Å². The SMILES string of the molecule is C=CC1C[C@]1(NC(=O)C1CCCN1C)P(=O)(O)Cc1ccccc1C#N. The number of likely N-dealkylation sites (N-methyl/N-ethyl adjacent to an activating group) is 1. The molecular weight excluding hydrogens is 349 g/mol. The van der Waals surface area contributed by atoms with Crippen LogP contribution in [0, 0.1) is 17.2 Å². The van der Waals surface area contributed by atoms with Crippen molar-refractivity contribution < 1.29 is 14.3 Å². The normalized spacial score (nSPS) is 30.2. The second-order valence-corrected chi connectivity index (χ2v) is 9.74. The van der Waals surface area contributed by atoms with Crippen molar-refractivity contribution in [1.82, 2.24) is 10.2 Å². The van der Waals surface area contributed by atoms with Crippen molar-refractivity contribution in [1.29, 1.82) is 5.26 Å². The molecule has 1 aliphatic carbocycles. The van der Waals surface area contributed by atoms with Crippen molar-refractivity contribution >= 4 is 13.3 Å². The van der Waals surface area contributed by atoms with E-state index in [1.54, 1.807) is 30.3 Å². The Morgan fingerprint density at radius 3 is 2.88 bits per heavy atom. The van der Waals surface area contributed by atoms with Gasteiger partial charge in [0.15, 0.2) is 0 Å². The van der Waals surface area contributed by atoms with Gasteiger partial charge in [-0.3, -0.25) is 14.3 Å². The number of likely N-dealkylation sites (tertiary alicyclic amines) is 1. The molecule has 1 saturated carbocycles. The van der Waals surface area contributed by atoms with Gasteiger partial charge in [-0.05, 0) is 44.5 Å². The Kier molecular flexibility index (Phi) is 5.07. The zero-order chi connectivity index (χ0) is 18.9. The molecule has 1 aromatic carbocycles. The van der Waals surface area contributed by atoms with Crippen molar-refractivity contribution in [3.8, 4) is 6.07 Å². The second-order valence-electron chi connectivity index (χ2n) is 7.23. The minimum atomic E-state index is -3.81. The van der Waals surface area contributed by atoms with Gasteiger partial charge in [0.1, 0.15) is 5.28 Å². The van der Waals surface area contributed by atoms with Crippen LogP contribution in [0.3, 0.4) is 0 Å². The van der Waals surface area contributed by atoms with Crippen LogP contribution in [0.2, 0.25) is 0 Å². The first-order valence-corrected chi connectivity index (χ1v) is 10.6. The highest BCUT2D eigenvalue weighted by Crippen LogP contribution is 2.70. The van der Waals surface area contributed by atoms with Crippen LogP contribution < -0.4 is 5.32 Å². The second kappa shape index (κ2) is 7.00. The molecule has 4 atom stereocenters. The third kappa shape index (κ3) is 3.23. The Labute approximate surface area is 154 Å². The lowest BCUT2D eigenvalue weighted by Crippen LogP contribution is -2.47. The van der Waals surface area contributed by atoms with Gasteiger partial charge in [-0.25, -0.2) is 0 Å². The molecule has 1 saturated heterocycles. The molecule has 138 valence electrons. The fourth-order valence-electron chi connectivity index (χ4n) is 3.86. The summed E-state index contributed by atoms with van der Waals surface area (Å²) in [4.78, 5) is 25.6. The molecule has 0 bridgehead atoms. The smallest absolute Gasteiger partial charge is 0.238 e. The standard InChI is InChI=1S/C19H24N3O3P/c1-3-16-11-19(16,21-18(23)17-9-6-10-22(17)2)26(24,25)13-15-8-5-4-7-14(15)12-20/h3-5,7-8,16-17H,1,6,9-11,13H2,2H3,(H,21,23)(H,24,25)/t16?,17?,19-/m0/s1. The maximum Gasteiger partial charge on any atom is 0.238 e. The van der Waals surface area contributed by atoms with Crippen LogP contribution in [0.5, 0.6) is 0 Å². The third-order valence-corrected chi connectivity index (χ3v) is 8.22. The highest BCUT2D eigenvalue weighted by Gasteiger charge is 2.65. The van der Waals surface area contributed by atoms with E-state index in [1.807, 2.05) is 11.9 Å². The van der Waals surface area contributed by atoms with Gasteiger partial charge in [-0.2, -0.15) is 5.26 Å². The molecule has 1 amide bonds. The number of nitrogens with one attached hydrogen (secondary N) is 1. The maximum absolute atomic E-state index is 13.3. The van der Waals surface area contributed by atoms with Crippen molar-refractivity contribution in [2.24, 2.45) is 5.92 Å². The number of nitrogens with zero attached hydrogens (tertiary/aromatic N) is 2. The lowest BCUT2D eigenvalue weighted by molar-refractivity contribution is -0.125. The largest absolute Gasteiger partial charge is 0.342 e. The molecule has 1 aromatic rings. The number of hydrogen-bond donors (Lipinski definition) is 2. The van der Waals surface area contributed by atoms with E-state index in [9.17, 15) is 19.5 Å². The quantitative estimate of drug-likeness (QED) is 0.590. The predicted octanol–water partition coefficient (Wildman–Crippen LogP) is 2.44. The molecule has 0 spiro atoms. The van der Waals surface area contributed by atoms with Crippen LogP contribution in [0.25, 0.3) is 0 Å². The topological polar surface area (TPSA) is 93.4 Å². The molecule has 3 rings (SSSR count). The number of carbonyl (C=O) groups is 1. The molecule has 1 aliphatic heterocycles.